The van der Waals surface area contributed by atoms with E-state index >= 15 is 0 Å². The molecule has 0 radical (unpaired) electrons. The van der Waals surface area contributed by atoms with Crippen LogP contribution in [0, 0.1) is 5.92 Å². The van der Waals surface area contributed by atoms with Crippen LogP contribution in [0.5, 0.6) is 0 Å². The molecule has 1 fully saturated rings. The van der Waals surface area contributed by atoms with Crippen LogP contribution in [0.2, 0.25) is 0 Å². The molecule has 4 heteroatoms. The van der Waals surface area contributed by atoms with Crippen molar-refractivity contribution in [2.75, 3.05) is 32.0 Å². The molecule has 1 aliphatic rings. The minimum Gasteiger partial charge on any atom is -0.384 e. The first-order valence-electron chi connectivity index (χ1n) is 7.02. The Morgan fingerprint density at radius 2 is 2.26 bits per heavy atom. The number of amides is 1. The van der Waals surface area contributed by atoms with Crippen LogP contribution in [-0.4, -0.2) is 32.6 Å². The molecule has 1 amide bonds. The molecule has 1 aromatic rings. The fourth-order valence-electron chi connectivity index (χ4n) is 2.46. The van der Waals surface area contributed by atoms with Gasteiger partial charge in [0.25, 0.3) is 0 Å². The number of benzene rings is 1. The van der Waals surface area contributed by atoms with E-state index in [9.17, 15) is 4.79 Å². The molecule has 1 saturated heterocycles. The van der Waals surface area contributed by atoms with Crippen LogP contribution in [0.15, 0.2) is 24.3 Å². The maximum absolute atomic E-state index is 11.5. The molecular formula is C15H23N3O. The molecule has 0 aromatic heterocycles. The number of anilines is 1. The molecule has 1 heterocycles. The second-order valence-electron chi connectivity index (χ2n) is 5.10. The van der Waals surface area contributed by atoms with Gasteiger partial charge in [-0.25, -0.2) is 0 Å². The molecule has 2 rings (SSSR count). The van der Waals surface area contributed by atoms with Gasteiger partial charge in [-0.1, -0.05) is 18.2 Å². The minimum absolute atomic E-state index is 0.0496. The maximum Gasteiger partial charge on any atom is 0.224 e. The zero-order valence-corrected chi connectivity index (χ0v) is 11.5. The van der Waals surface area contributed by atoms with E-state index < -0.39 is 0 Å². The summed E-state index contributed by atoms with van der Waals surface area (Å²) in [6, 6.07) is 8.05. The van der Waals surface area contributed by atoms with E-state index in [1.165, 1.54) is 12.8 Å². The monoisotopic (exact) mass is 261 g/mol. The Labute approximate surface area is 115 Å². The first-order chi connectivity index (χ1) is 9.29. The fraction of sp³-hybridized carbons (Fsp3) is 0.533. The third-order valence-electron chi connectivity index (χ3n) is 3.63. The first-order valence-corrected chi connectivity index (χ1v) is 7.02. The highest BCUT2D eigenvalue weighted by Crippen LogP contribution is 2.17. The summed E-state index contributed by atoms with van der Waals surface area (Å²) in [5.41, 5.74) is 2.14. The molecule has 0 bridgehead atoms. The van der Waals surface area contributed by atoms with E-state index in [4.69, 9.17) is 0 Å². The Bertz CT molecular complexity index is 414. The number of hydrogen-bond donors (Lipinski definition) is 3. The largest absolute Gasteiger partial charge is 0.384 e. The van der Waals surface area contributed by atoms with Crippen LogP contribution in [0.3, 0.4) is 0 Å². The van der Waals surface area contributed by atoms with Gasteiger partial charge in [-0.05, 0) is 43.5 Å². The number of para-hydroxylation sites is 1. The van der Waals surface area contributed by atoms with Crippen molar-refractivity contribution in [3.05, 3.63) is 29.8 Å². The Morgan fingerprint density at radius 3 is 3.00 bits per heavy atom. The highest BCUT2D eigenvalue weighted by Gasteiger charge is 2.13. The molecule has 19 heavy (non-hydrogen) atoms. The Kier molecular flexibility index (Phi) is 5.21. The SMILES string of the molecule is CNC(=O)Cc1ccccc1NCC1CCCNC1. The van der Waals surface area contributed by atoms with E-state index in [2.05, 4.69) is 22.0 Å². The lowest BCUT2D eigenvalue weighted by Crippen LogP contribution is -2.33. The summed E-state index contributed by atoms with van der Waals surface area (Å²) in [6.07, 6.45) is 2.96. The van der Waals surface area contributed by atoms with E-state index in [1.54, 1.807) is 7.05 Å². The van der Waals surface area contributed by atoms with Crippen molar-refractivity contribution < 1.29 is 4.79 Å². The van der Waals surface area contributed by atoms with Crippen molar-refractivity contribution in [3.63, 3.8) is 0 Å². The molecule has 1 atom stereocenters. The normalized spacial score (nSPS) is 18.9. The van der Waals surface area contributed by atoms with Crippen LogP contribution in [0.1, 0.15) is 18.4 Å². The summed E-state index contributed by atoms with van der Waals surface area (Å²) in [6.45, 7) is 3.20. The zero-order valence-electron chi connectivity index (χ0n) is 11.5. The van der Waals surface area contributed by atoms with E-state index in [0.29, 0.717) is 12.3 Å². The van der Waals surface area contributed by atoms with Crippen molar-refractivity contribution >= 4 is 11.6 Å². The molecule has 0 saturated carbocycles. The second kappa shape index (κ2) is 7.14. The number of rotatable bonds is 5. The van der Waals surface area contributed by atoms with Gasteiger partial charge in [0.2, 0.25) is 5.91 Å². The average molecular weight is 261 g/mol. The highest BCUT2D eigenvalue weighted by molar-refractivity contribution is 5.80. The number of piperidine rings is 1. The van der Waals surface area contributed by atoms with Gasteiger partial charge in [-0.3, -0.25) is 4.79 Å². The van der Waals surface area contributed by atoms with E-state index in [0.717, 1.165) is 30.9 Å². The Morgan fingerprint density at radius 1 is 1.42 bits per heavy atom. The van der Waals surface area contributed by atoms with Gasteiger partial charge in [0.1, 0.15) is 0 Å². The third-order valence-corrected chi connectivity index (χ3v) is 3.63. The lowest BCUT2D eigenvalue weighted by atomic mass is 9.99. The second-order valence-corrected chi connectivity index (χ2v) is 5.10. The molecule has 104 valence electrons. The summed E-state index contributed by atoms with van der Waals surface area (Å²) in [4.78, 5) is 11.5. The van der Waals surface area contributed by atoms with Crippen molar-refractivity contribution in [1.82, 2.24) is 10.6 Å². The van der Waals surface area contributed by atoms with E-state index in [1.807, 2.05) is 18.2 Å². The van der Waals surface area contributed by atoms with Gasteiger partial charge in [-0.15, -0.1) is 0 Å². The van der Waals surface area contributed by atoms with Gasteiger partial charge in [0.15, 0.2) is 0 Å². The lowest BCUT2D eigenvalue weighted by Gasteiger charge is -2.24. The van der Waals surface area contributed by atoms with Crippen LogP contribution in [-0.2, 0) is 11.2 Å². The van der Waals surface area contributed by atoms with Gasteiger partial charge >= 0.3 is 0 Å². The molecule has 1 aromatic carbocycles. The van der Waals surface area contributed by atoms with Crippen LogP contribution < -0.4 is 16.0 Å². The highest BCUT2D eigenvalue weighted by atomic mass is 16.1. The van der Waals surface area contributed by atoms with E-state index in [-0.39, 0.29) is 5.91 Å². The Hall–Kier alpha value is -1.55. The van der Waals surface area contributed by atoms with Crippen molar-refractivity contribution in [2.24, 2.45) is 5.92 Å². The van der Waals surface area contributed by atoms with Gasteiger partial charge in [-0.2, -0.15) is 0 Å². The molecular weight excluding hydrogens is 238 g/mol. The molecule has 1 aliphatic heterocycles. The summed E-state index contributed by atoms with van der Waals surface area (Å²) in [5.74, 6) is 0.732. The summed E-state index contributed by atoms with van der Waals surface area (Å²) >= 11 is 0. The zero-order chi connectivity index (χ0) is 13.5. The summed E-state index contributed by atoms with van der Waals surface area (Å²) < 4.78 is 0. The van der Waals surface area contributed by atoms with Crippen molar-refractivity contribution in [2.45, 2.75) is 19.3 Å². The van der Waals surface area contributed by atoms with Crippen molar-refractivity contribution in [3.8, 4) is 0 Å². The maximum atomic E-state index is 11.5. The fourth-order valence-corrected chi connectivity index (χ4v) is 2.46. The van der Waals surface area contributed by atoms with Crippen LogP contribution in [0.25, 0.3) is 0 Å². The van der Waals surface area contributed by atoms with Gasteiger partial charge in [0, 0.05) is 19.3 Å². The topological polar surface area (TPSA) is 53.2 Å². The predicted octanol–water partition coefficient (Wildman–Crippen LogP) is 1.39. The van der Waals surface area contributed by atoms with Crippen molar-refractivity contribution in [1.29, 1.82) is 0 Å². The first kappa shape index (κ1) is 13.9. The molecule has 0 spiro atoms. The van der Waals surface area contributed by atoms with Gasteiger partial charge < -0.3 is 16.0 Å². The molecule has 4 nitrogen and oxygen atoms in total. The smallest absolute Gasteiger partial charge is 0.224 e. The average Bonchev–Trinajstić information content (AvgIpc) is 2.47. The molecule has 0 aliphatic carbocycles. The molecule has 3 N–H and O–H groups in total. The van der Waals surface area contributed by atoms with Crippen LogP contribution in [0.4, 0.5) is 5.69 Å². The summed E-state index contributed by atoms with van der Waals surface area (Å²) in [7, 11) is 1.67. The number of hydrogen-bond acceptors (Lipinski definition) is 3. The molecule has 1 unspecified atom stereocenters. The minimum atomic E-state index is 0.0496. The lowest BCUT2D eigenvalue weighted by molar-refractivity contribution is -0.119. The third kappa shape index (κ3) is 4.24. The summed E-state index contributed by atoms with van der Waals surface area (Å²) in [5, 5.41) is 9.58. The standard InChI is InChI=1S/C15H23N3O/c1-16-15(19)9-13-6-2-3-7-14(13)18-11-12-5-4-8-17-10-12/h2-3,6-7,12,17-18H,4-5,8-11H2,1H3,(H,16,19). The number of nitrogens with one attached hydrogen (secondary N) is 3. The predicted molar refractivity (Wildman–Crippen MR) is 78.3 cm³/mol. The number of carbonyl (C=O) groups is 1. The Balaban J connectivity index is 1.93. The van der Waals surface area contributed by atoms with Crippen LogP contribution >= 0.6 is 0 Å². The quantitative estimate of drug-likeness (QED) is 0.751. The number of carbonyl (C=O) groups excluding carboxylic acids is 1. The van der Waals surface area contributed by atoms with Gasteiger partial charge in [0.05, 0.1) is 6.42 Å². The number of likely N-dealkylation sites (N-methyl/N-ethyl adjacent to an activating group) is 1.